The molecule has 0 aromatic carbocycles. The normalized spacial score (nSPS) is 12.6. The Morgan fingerprint density at radius 2 is 1.88 bits per heavy atom. The Balaban J connectivity index is 2.77. The maximum Gasteiger partial charge on any atom is 0.148 e. The van der Waals surface area contributed by atoms with E-state index in [-0.39, 0.29) is 0 Å². The molecule has 1 unspecified atom stereocenters. The van der Waals surface area contributed by atoms with Gasteiger partial charge in [0.25, 0.3) is 0 Å². The maximum absolute atomic E-state index is 5.43. The summed E-state index contributed by atoms with van der Waals surface area (Å²) in [7, 11) is 0. The van der Waals surface area contributed by atoms with Gasteiger partial charge >= 0.3 is 0 Å². The first-order chi connectivity index (χ1) is 8.10. The molecule has 0 amide bonds. The Hall–Kier alpha value is -1.36. The van der Waals surface area contributed by atoms with Crippen LogP contribution in [0, 0.1) is 11.8 Å². The second kappa shape index (κ2) is 6.39. The van der Waals surface area contributed by atoms with E-state index < -0.39 is 0 Å². The standard InChI is InChI=1S/C12H23N5/c1-5-10-11(14-6-9(4)8(2)3)15-7-16-12(10)17-13/h7-9H,5-6,13H2,1-4H3,(H2,14,15,16,17). The fourth-order valence-corrected chi connectivity index (χ4v) is 1.52. The van der Waals surface area contributed by atoms with Gasteiger partial charge in [0, 0.05) is 12.1 Å². The van der Waals surface area contributed by atoms with Gasteiger partial charge < -0.3 is 10.7 Å². The maximum atomic E-state index is 5.43. The number of nitrogens with one attached hydrogen (secondary N) is 2. The van der Waals surface area contributed by atoms with Crippen LogP contribution in [0.5, 0.6) is 0 Å². The van der Waals surface area contributed by atoms with Gasteiger partial charge in [-0.1, -0.05) is 27.7 Å². The van der Waals surface area contributed by atoms with Crippen molar-refractivity contribution in [2.45, 2.75) is 34.1 Å². The lowest BCUT2D eigenvalue weighted by atomic mass is 9.98. The van der Waals surface area contributed by atoms with Gasteiger partial charge in [0.05, 0.1) is 0 Å². The van der Waals surface area contributed by atoms with E-state index >= 15 is 0 Å². The Kier molecular flexibility index (Phi) is 5.15. The van der Waals surface area contributed by atoms with Crippen LogP contribution < -0.4 is 16.6 Å². The molecular formula is C12H23N5. The molecule has 0 bridgehead atoms. The Labute approximate surface area is 103 Å². The zero-order valence-corrected chi connectivity index (χ0v) is 11.1. The van der Waals surface area contributed by atoms with Crippen molar-refractivity contribution < 1.29 is 0 Å². The number of hydrazine groups is 1. The molecule has 1 aromatic rings. The zero-order valence-electron chi connectivity index (χ0n) is 11.1. The topological polar surface area (TPSA) is 75.9 Å². The summed E-state index contributed by atoms with van der Waals surface area (Å²) in [5.41, 5.74) is 3.64. The van der Waals surface area contributed by atoms with E-state index in [1.165, 1.54) is 6.33 Å². The third kappa shape index (κ3) is 3.56. The second-order valence-electron chi connectivity index (χ2n) is 4.65. The van der Waals surface area contributed by atoms with Crippen LogP contribution in [0.2, 0.25) is 0 Å². The van der Waals surface area contributed by atoms with Crippen molar-refractivity contribution in [2.24, 2.45) is 17.7 Å². The molecule has 0 aliphatic rings. The SMILES string of the molecule is CCc1c(NN)ncnc1NCC(C)C(C)C. The van der Waals surface area contributed by atoms with Crippen LogP contribution in [0.25, 0.3) is 0 Å². The highest BCUT2D eigenvalue weighted by Crippen LogP contribution is 2.20. The molecule has 1 aromatic heterocycles. The van der Waals surface area contributed by atoms with Gasteiger partial charge in [-0.25, -0.2) is 15.8 Å². The van der Waals surface area contributed by atoms with Crippen LogP contribution in [0.4, 0.5) is 11.6 Å². The van der Waals surface area contributed by atoms with Gasteiger partial charge in [0.1, 0.15) is 18.0 Å². The minimum absolute atomic E-state index is 0.601. The molecule has 17 heavy (non-hydrogen) atoms. The molecule has 5 nitrogen and oxygen atoms in total. The van der Waals surface area contributed by atoms with E-state index in [4.69, 9.17) is 5.84 Å². The predicted molar refractivity (Wildman–Crippen MR) is 71.7 cm³/mol. The summed E-state index contributed by atoms with van der Waals surface area (Å²) < 4.78 is 0. The Morgan fingerprint density at radius 3 is 2.41 bits per heavy atom. The minimum atomic E-state index is 0.601. The molecule has 1 rings (SSSR count). The summed E-state index contributed by atoms with van der Waals surface area (Å²) in [4.78, 5) is 8.38. The molecule has 0 saturated carbocycles. The van der Waals surface area contributed by atoms with Gasteiger partial charge in [0.15, 0.2) is 0 Å². The molecule has 0 spiro atoms. The number of rotatable bonds is 6. The van der Waals surface area contributed by atoms with E-state index in [0.717, 1.165) is 24.3 Å². The Morgan fingerprint density at radius 1 is 1.24 bits per heavy atom. The lowest BCUT2D eigenvalue weighted by Crippen LogP contribution is -2.19. The monoisotopic (exact) mass is 237 g/mol. The van der Waals surface area contributed by atoms with Crippen molar-refractivity contribution in [1.82, 2.24) is 9.97 Å². The summed E-state index contributed by atoms with van der Waals surface area (Å²) in [6.45, 7) is 9.65. The van der Waals surface area contributed by atoms with Gasteiger partial charge in [-0.05, 0) is 18.3 Å². The number of anilines is 2. The molecule has 0 fully saturated rings. The number of nitrogen functional groups attached to an aromatic ring is 1. The smallest absolute Gasteiger partial charge is 0.148 e. The number of nitrogens with zero attached hydrogens (tertiary/aromatic N) is 2. The van der Waals surface area contributed by atoms with Gasteiger partial charge in [-0.15, -0.1) is 0 Å². The number of nitrogens with two attached hydrogens (primary N) is 1. The van der Waals surface area contributed by atoms with Gasteiger partial charge in [0.2, 0.25) is 0 Å². The molecule has 0 saturated heterocycles. The lowest BCUT2D eigenvalue weighted by Gasteiger charge is -2.18. The summed E-state index contributed by atoms with van der Waals surface area (Å²) in [5.74, 6) is 8.26. The average molecular weight is 237 g/mol. The molecule has 4 N–H and O–H groups in total. The molecule has 1 atom stereocenters. The van der Waals surface area contributed by atoms with E-state index in [1.807, 2.05) is 0 Å². The van der Waals surface area contributed by atoms with E-state index in [0.29, 0.717) is 17.7 Å². The van der Waals surface area contributed by atoms with Crippen molar-refractivity contribution in [3.8, 4) is 0 Å². The largest absolute Gasteiger partial charge is 0.369 e. The Bertz CT molecular complexity index is 351. The first-order valence-corrected chi connectivity index (χ1v) is 6.14. The number of hydrogen-bond acceptors (Lipinski definition) is 5. The molecule has 96 valence electrons. The molecular weight excluding hydrogens is 214 g/mol. The number of aromatic nitrogens is 2. The highest BCUT2D eigenvalue weighted by atomic mass is 15.3. The van der Waals surface area contributed by atoms with Gasteiger partial charge in [-0.3, -0.25) is 0 Å². The van der Waals surface area contributed by atoms with Crippen LogP contribution >= 0.6 is 0 Å². The summed E-state index contributed by atoms with van der Waals surface area (Å²) in [5, 5.41) is 3.37. The second-order valence-corrected chi connectivity index (χ2v) is 4.65. The summed E-state index contributed by atoms with van der Waals surface area (Å²) in [6, 6.07) is 0. The third-order valence-corrected chi connectivity index (χ3v) is 3.17. The molecule has 0 aliphatic carbocycles. The van der Waals surface area contributed by atoms with Crippen molar-refractivity contribution in [2.75, 3.05) is 17.3 Å². The van der Waals surface area contributed by atoms with Crippen LogP contribution in [0.3, 0.4) is 0 Å². The minimum Gasteiger partial charge on any atom is -0.369 e. The third-order valence-electron chi connectivity index (χ3n) is 3.17. The number of hydrogen-bond donors (Lipinski definition) is 3. The zero-order chi connectivity index (χ0) is 12.8. The first-order valence-electron chi connectivity index (χ1n) is 6.14. The highest BCUT2D eigenvalue weighted by Gasteiger charge is 2.11. The van der Waals surface area contributed by atoms with E-state index in [2.05, 4.69) is 48.4 Å². The van der Waals surface area contributed by atoms with Crippen LogP contribution in [0.15, 0.2) is 6.33 Å². The van der Waals surface area contributed by atoms with Crippen molar-refractivity contribution in [1.29, 1.82) is 0 Å². The molecule has 0 aliphatic heterocycles. The summed E-state index contributed by atoms with van der Waals surface area (Å²) >= 11 is 0. The van der Waals surface area contributed by atoms with Crippen LogP contribution in [-0.2, 0) is 6.42 Å². The molecule has 0 radical (unpaired) electrons. The van der Waals surface area contributed by atoms with Crippen molar-refractivity contribution in [3.63, 3.8) is 0 Å². The van der Waals surface area contributed by atoms with E-state index in [1.54, 1.807) is 0 Å². The lowest BCUT2D eigenvalue weighted by molar-refractivity contribution is 0.439. The average Bonchev–Trinajstić information content (AvgIpc) is 2.34. The van der Waals surface area contributed by atoms with Crippen LogP contribution in [0.1, 0.15) is 33.3 Å². The summed E-state index contributed by atoms with van der Waals surface area (Å²) in [6.07, 6.45) is 2.37. The van der Waals surface area contributed by atoms with E-state index in [9.17, 15) is 0 Å². The highest BCUT2D eigenvalue weighted by molar-refractivity contribution is 5.56. The van der Waals surface area contributed by atoms with Crippen molar-refractivity contribution >= 4 is 11.6 Å². The van der Waals surface area contributed by atoms with Crippen molar-refractivity contribution in [3.05, 3.63) is 11.9 Å². The first kappa shape index (κ1) is 13.7. The molecule has 5 heteroatoms. The quantitative estimate of drug-likeness (QED) is 0.521. The van der Waals surface area contributed by atoms with Gasteiger partial charge in [-0.2, -0.15) is 0 Å². The van der Waals surface area contributed by atoms with Crippen LogP contribution in [-0.4, -0.2) is 16.5 Å². The molecule has 1 heterocycles. The fraction of sp³-hybridized carbons (Fsp3) is 0.667. The fourth-order valence-electron chi connectivity index (χ4n) is 1.52. The predicted octanol–water partition coefficient (Wildman–Crippen LogP) is 2.03.